The van der Waals surface area contributed by atoms with Gasteiger partial charge in [0.15, 0.2) is 0 Å². The molecule has 0 aliphatic heterocycles. The Morgan fingerprint density at radius 2 is 2.19 bits per heavy atom. The van der Waals surface area contributed by atoms with Crippen molar-refractivity contribution in [1.82, 2.24) is 14.9 Å². The molecule has 0 amide bonds. The van der Waals surface area contributed by atoms with Gasteiger partial charge in [0.05, 0.1) is 11.9 Å². The molecule has 2 N–H and O–H groups in total. The summed E-state index contributed by atoms with van der Waals surface area (Å²) in [6, 6.07) is 0. The van der Waals surface area contributed by atoms with Crippen molar-refractivity contribution in [2.24, 2.45) is 0 Å². The summed E-state index contributed by atoms with van der Waals surface area (Å²) in [6.07, 6.45) is 3.28. The van der Waals surface area contributed by atoms with Gasteiger partial charge in [0.2, 0.25) is 10.0 Å². The molecule has 16 heavy (non-hydrogen) atoms. The molecule has 0 radical (unpaired) electrons. The minimum atomic E-state index is -3.45. The number of rotatable bonds is 5. The topological polar surface area (TPSA) is 74.8 Å². The number of nitrogens with zero attached hydrogens (tertiary/aromatic N) is 1. The third kappa shape index (κ3) is 3.23. The lowest BCUT2D eigenvalue weighted by Gasteiger charge is -2.21. The van der Waals surface area contributed by atoms with Crippen LogP contribution in [0.25, 0.3) is 0 Å². The summed E-state index contributed by atoms with van der Waals surface area (Å²) >= 11 is 1.62. The lowest BCUT2D eigenvalue weighted by atomic mass is 10.2. The molecule has 0 bridgehead atoms. The van der Waals surface area contributed by atoms with E-state index in [4.69, 9.17) is 0 Å². The second-order valence-electron chi connectivity index (χ2n) is 4.15. The molecule has 0 unspecified atom stereocenters. The maximum Gasteiger partial charge on any atom is 0.243 e. The van der Waals surface area contributed by atoms with Crippen LogP contribution in [0.2, 0.25) is 0 Å². The molecule has 0 spiro atoms. The molecule has 92 valence electrons. The van der Waals surface area contributed by atoms with Gasteiger partial charge in [0, 0.05) is 11.3 Å². The maximum atomic E-state index is 11.9. The quantitative estimate of drug-likeness (QED) is 0.835. The zero-order valence-electron chi connectivity index (χ0n) is 9.86. The average Bonchev–Trinajstić information content (AvgIpc) is 2.63. The van der Waals surface area contributed by atoms with E-state index in [0.29, 0.717) is 12.2 Å². The van der Waals surface area contributed by atoms with Gasteiger partial charge in [-0.3, -0.25) is 5.10 Å². The van der Waals surface area contributed by atoms with Gasteiger partial charge < -0.3 is 0 Å². The van der Waals surface area contributed by atoms with Crippen LogP contribution in [-0.4, -0.2) is 36.2 Å². The van der Waals surface area contributed by atoms with Gasteiger partial charge in [0.1, 0.15) is 4.90 Å². The Bertz CT molecular complexity index is 451. The molecule has 1 aromatic heterocycles. The zero-order chi connectivity index (χ0) is 12.4. The molecule has 5 nitrogen and oxygen atoms in total. The maximum absolute atomic E-state index is 11.9. The van der Waals surface area contributed by atoms with E-state index >= 15 is 0 Å². The minimum Gasteiger partial charge on any atom is -0.281 e. The third-order valence-corrected chi connectivity index (χ3v) is 5.08. The number of aryl methyl sites for hydroxylation is 1. The van der Waals surface area contributed by atoms with E-state index in [9.17, 15) is 8.42 Å². The predicted octanol–water partition coefficient (Wildman–Crippen LogP) is 1.14. The molecule has 0 saturated heterocycles. The van der Waals surface area contributed by atoms with Crippen LogP contribution in [0.5, 0.6) is 0 Å². The number of H-pyrrole nitrogens is 1. The fraction of sp³-hybridized carbons (Fsp3) is 0.667. The number of nitrogens with one attached hydrogen (secondary N) is 2. The van der Waals surface area contributed by atoms with Crippen molar-refractivity contribution in [3.05, 3.63) is 11.9 Å². The van der Waals surface area contributed by atoms with Gasteiger partial charge in [-0.15, -0.1) is 0 Å². The zero-order valence-corrected chi connectivity index (χ0v) is 11.5. The summed E-state index contributed by atoms with van der Waals surface area (Å²) in [6.45, 7) is 6.05. The van der Waals surface area contributed by atoms with Crippen LogP contribution in [0.4, 0.5) is 0 Å². The van der Waals surface area contributed by atoms with E-state index in [2.05, 4.69) is 14.9 Å². The van der Waals surface area contributed by atoms with Crippen molar-refractivity contribution < 1.29 is 8.42 Å². The first kappa shape index (κ1) is 13.5. The summed E-state index contributed by atoms with van der Waals surface area (Å²) in [5.74, 6) is 0. The first-order valence-corrected chi connectivity index (χ1v) is 7.54. The normalized spacial score (nSPS) is 13.0. The van der Waals surface area contributed by atoms with Crippen LogP contribution >= 0.6 is 11.8 Å². The lowest BCUT2D eigenvalue weighted by molar-refractivity contribution is 0.570. The number of thioether (sulfide) groups is 1. The fourth-order valence-electron chi connectivity index (χ4n) is 1.03. The lowest BCUT2D eigenvalue weighted by Crippen LogP contribution is -2.36. The average molecular weight is 263 g/mol. The van der Waals surface area contributed by atoms with Crippen molar-refractivity contribution in [3.8, 4) is 0 Å². The Morgan fingerprint density at radius 3 is 2.62 bits per heavy atom. The minimum absolute atomic E-state index is 0.120. The molecule has 0 aromatic carbocycles. The second kappa shape index (κ2) is 4.77. The summed E-state index contributed by atoms with van der Waals surface area (Å²) in [5, 5.41) is 6.31. The largest absolute Gasteiger partial charge is 0.281 e. The Balaban J connectivity index is 2.79. The van der Waals surface area contributed by atoms with Gasteiger partial charge in [-0.05, 0) is 27.0 Å². The second-order valence-corrected chi connectivity index (χ2v) is 7.40. The van der Waals surface area contributed by atoms with Gasteiger partial charge in [-0.25, -0.2) is 13.1 Å². The van der Waals surface area contributed by atoms with Crippen molar-refractivity contribution in [2.45, 2.75) is 30.4 Å². The molecular formula is C9H17N3O2S2. The summed E-state index contributed by atoms with van der Waals surface area (Å²) < 4.78 is 26.3. The first-order valence-electron chi connectivity index (χ1n) is 4.83. The Labute approximate surface area is 100 Å². The Hall–Kier alpha value is -0.530. The number of aromatic nitrogens is 2. The van der Waals surface area contributed by atoms with E-state index in [0.717, 1.165) is 0 Å². The fourth-order valence-corrected chi connectivity index (χ4v) is 2.68. The first-order chi connectivity index (χ1) is 7.28. The standard InChI is InChI=1S/C9H17N3O2S2/c1-7-8(5-10-12-7)16(13,14)11-6-9(2,3)15-4/h5,11H,6H2,1-4H3,(H,10,12). The molecule has 0 aliphatic carbocycles. The van der Waals surface area contributed by atoms with Crippen LogP contribution in [0.15, 0.2) is 11.1 Å². The predicted molar refractivity (Wildman–Crippen MR) is 66.1 cm³/mol. The third-order valence-electron chi connectivity index (χ3n) is 2.31. The van der Waals surface area contributed by atoms with E-state index in [1.54, 1.807) is 18.7 Å². The Morgan fingerprint density at radius 1 is 1.56 bits per heavy atom. The van der Waals surface area contributed by atoms with E-state index in [1.165, 1.54) is 6.20 Å². The Kier molecular flexibility index (Phi) is 4.03. The van der Waals surface area contributed by atoms with E-state index in [-0.39, 0.29) is 9.64 Å². The molecule has 0 aliphatic rings. The van der Waals surface area contributed by atoms with Crippen LogP contribution in [0.1, 0.15) is 19.5 Å². The van der Waals surface area contributed by atoms with Crippen molar-refractivity contribution in [1.29, 1.82) is 0 Å². The molecule has 0 saturated carbocycles. The SMILES string of the molecule is CSC(C)(C)CNS(=O)(=O)c1cn[nH]c1C. The van der Waals surface area contributed by atoms with Gasteiger partial charge >= 0.3 is 0 Å². The molecule has 7 heteroatoms. The van der Waals surface area contributed by atoms with Gasteiger partial charge in [0.25, 0.3) is 0 Å². The number of hydrogen-bond acceptors (Lipinski definition) is 4. The van der Waals surface area contributed by atoms with Crippen LogP contribution in [0, 0.1) is 6.92 Å². The van der Waals surface area contributed by atoms with E-state index in [1.807, 2.05) is 20.1 Å². The number of aromatic amines is 1. The summed E-state index contributed by atoms with van der Waals surface area (Å²) in [5.41, 5.74) is 0.550. The summed E-state index contributed by atoms with van der Waals surface area (Å²) in [4.78, 5) is 0.212. The van der Waals surface area contributed by atoms with Crippen LogP contribution in [-0.2, 0) is 10.0 Å². The highest BCUT2D eigenvalue weighted by atomic mass is 32.2. The molecule has 1 rings (SSSR count). The molecule has 0 atom stereocenters. The van der Waals surface area contributed by atoms with Crippen molar-refractivity contribution >= 4 is 21.8 Å². The highest BCUT2D eigenvalue weighted by Crippen LogP contribution is 2.21. The molecule has 1 heterocycles. The van der Waals surface area contributed by atoms with Gasteiger partial charge in [-0.2, -0.15) is 16.9 Å². The van der Waals surface area contributed by atoms with Crippen LogP contribution in [0.3, 0.4) is 0 Å². The highest BCUT2D eigenvalue weighted by molar-refractivity contribution is 8.00. The number of hydrogen-bond donors (Lipinski definition) is 2. The van der Waals surface area contributed by atoms with Crippen molar-refractivity contribution in [3.63, 3.8) is 0 Å². The van der Waals surface area contributed by atoms with Crippen molar-refractivity contribution in [2.75, 3.05) is 12.8 Å². The molecule has 0 fully saturated rings. The monoisotopic (exact) mass is 263 g/mol. The van der Waals surface area contributed by atoms with Crippen LogP contribution < -0.4 is 4.72 Å². The smallest absolute Gasteiger partial charge is 0.243 e. The van der Waals surface area contributed by atoms with Gasteiger partial charge in [-0.1, -0.05) is 0 Å². The number of sulfonamides is 1. The highest BCUT2D eigenvalue weighted by Gasteiger charge is 2.23. The summed E-state index contributed by atoms with van der Waals surface area (Å²) in [7, 11) is -3.45. The molecule has 1 aromatic rings. The molecular weight excluding hydrogens is 246 g/mol. The van der Waals surface area contributed by atoms with E-state index < -0.39 is 10.0 Å².